The average Bonchev–Trinajstić information content (AvgIpc) is 2.79. The SMILES string of the molecule is CCOc1ccc(C(=O)N/N=C\c2cccc(OCc3ccccc3C#N)c2)cc1. The number of hydrogen-bond donors (Lipinski definition) is 1. The number of rotatable bonds is 8. The molecule has 3 aromatic carbocycles. The van der Waals surface area contributed by atoms with Crippen molar-refractivity contribution >= 4 is 12.1 Å². The van der Waals surface area contributed by atoms with Crippen LogP contribution in [0, 0.1) is 11.3 Å². The number of hydrogen-bond acceptors (Lipinski definition) is 5. The van der Waals surface area contributed by atoms with Crippen LogP contribution in [0.25, 0.3) is 0 Å². The zero-order valence-electron chi connectivity index (χ0n) is 16.5. The van der Waals surface area contributed by atoms with E-state index in [-0.39, 0.29) is 5.91 Å². The molecule has 0 aliphatic heterocycles. The van der Waals surface area contributed by atoms with Crippen LogP contribution in [0.15, 0.2) is 77.9 Å². The van der Waals surface area contributed by atoms with Crippen LogP contribution in [-0.4, -0.2) is 18.7 Å². The molecule has 30 heavy (non-hydrogen) atoms. The van der Waals surface area contributed by atoms with Gasteiger partial charge in [0.1, 0.15) is 18.1 Å². The lowest BCUT2D eigenvalue weighted by molar-refractivity contribution is 0.0955. The molecule has 1 N–H and O–H groups in total. The lowest BCUT2D eigenvalue weighted by Crippen LogP contribution is -2.17. The van der Waals surface area contributed by atoms with Gasteiger partial charge >= 0.3 is 0 Å². The molecule has 6 nitrogen and oxygen atoms in total. The number of benzene rings is 3. The lowest BCUT2D eigenvalue weighted by Gasteiger charge is -2.08. The Morgan fingerprint density at radius 3 is 2.60 bits per heavy atom. The van der Waals surface area contributed by atoms with Gasteiger partial charge in [-0.2, -0.15) is 10.4 Å². The second-order valence-corrected chi connectivity index (χ2v) is 6.29. The van der Waals surface area contributed by atoms with Crippen molar-refractivity contribution in [2.24, 2.45) is 5.10 Å². The Morgan fingerprint density at radius 2 is 1.83 bits per heavy atom. The standard InChI is InChI=1S/C24H21N3O3/c1-2-29-22-12-10-19(11-13-22)24(28)27-26-16-18-6-5-9-23(14-18)30-17-21-8-4-3-7-20(21)15-25/h3-14,16H,2,17H2,1H3,(H,27,28)/b26-16-. The predicted octanol–water partition coefficient (Wildman–Crippen LogP) is 4.30. The second-order valence-electron chi connectivity index (χ2n) is 6.29. The van der Waals surface area contributed by atoms with Crippen LogP contribution in [0.5, 0.6) is 11.5 Å². The molecule has 0 saturated carbocycles. The molecule has 0 aliphatic carbocycles. The highest BCUT2D eigenvalue weighted by molar-refractivity contribution is 5.95. The van der Waals surface area contributed by atoms with Gasteiger partial charge in [-0.1, -0.05) is 30.3 Å². The molecule has 0 bridgehead atoms. The van der Waals surface area contributed by atoms with Crippen LogP contribution in [0.2, 0.25) is 0 Å². The number of nitrogens with one attached hydrogen (secondary N) is 1. The van der Waals surface area contributed by atoms with Crippen LogP contribution in [0.3, 0.4) is 0 Å². The van der Waals surface area contributed by atoms with Crippen molar-refractivity contribution in [3.05, 3.63) is 95.1 Å². The number of nitriles is 1. The van der Waals surface area contributed by atoms with Gasteiger partial charge in [0.05, 0.1) is 24.5 Å². The third-order valence-electron chi connectivity index (χ3n) is 4.20. The van der Waals surface area contributed by atoms with E-state index < -0.39 is 0 Å². The van der Waals surface area contributed by atoms with Crippen molar-refractivity contribution < 1.29 is 14.3 Å². The summed E-state index contributed by atoms with van der Waals surface area (Å²) in [6.07, 6.45) is 1.54. The van der Waals surface area contributed by atoms with Gasteiger partial charge in [-0.15, -0.1) is 0 Å². The van der Waals surface area contributed by atoms with Crippen molar-refractivity contribution in [2.75, 3.05) is 6.61 Å². The van der Waals surface area contributed by atoms with Crippen LogP contribution in [-0.2, 0) is 6.61 Å². The fourth-order valence-electron chi connectivity index (χ4n) is 2.70. The summed E-state index contributed by atoms with van der Waals surface area (Å²) in [6.45, 7) is 2.77. The Kier molecular flexibility index (Phi) is 7.17. The highest BCUT2D eigenvalue weighted by Gasteiger charge is 2.05. The first-order valence-corrected chi connectivity index (χ1v) is 9.46. The van der Waals surface area contributed by atoms with E-state index in [0.29, 0.717) is 35.8 Å². The fraction of sp³-hybridized carbons (Fsp3) is 0.125. The molecule has 3 aromatic rings. The van der Waals surface area contributed by atoms with Crippen molar-refractivity contribution in [1.82, 2.24) is 5.43 Å². The first kappa shape index (κ1) is 20.6. The van der Waals surface area contributed by atoms with E-state index >= 15 is 0 Å². The normalized spacial score (nSPS) is 10.4. The van der Waals surface area contributed by atoms with Gasteiger partial charge in [0.25, 0.3) is 5.91 Å². The molecule has 0 atom stereocenters. The molecule has 0 saturated heterocycles. The number of ether oxygens (including phenoxy) is 2. The topological polar surface area (TPSA) is 83.7 Å². The summed E-state index contributed by atoms with van der Waals surface area (Å²) in [5.74, 6) is 1.05. The molecule has 0 heterocycles. The Balaban J connectivity index is 1.57. The summed E-state index contributed by atoms with van der Waals surface area (Å²) >= 11 is 0. The van der Waals surface area contributed by atoms with Gasteiger partial charge in [0, 0.05) is 11.1 Å². The monoisotopic (exact) mass is 399 g/mol. The highest BCUT2D eigenvalue weighted by Crippen LogP contribution is 2.16. The zero-order chi connectivity index (χ0) is 21.2. The Hall–Kier alpha value is -4.11. The molecule has 3 rings (SSSR count). The minimum absolute atomic E-state index is 0.290. The minimum Gasteiger partial charge on any atom is -0.494 e. The van der Waals surface area contributed by atoms with Gasteiger partial charge in [0.15, 0.2) is 0 Å². The molecule has 0 spiro atoms. The molecule has 0 aromatic heterocycles. The fourth-order valence-corrected chi connectivity index (χ4v) is 2.70. The maximum atomic E-state index is 12.2. The first-order chi connectivity index (χ1) is 14.7. The minimum atomic E-state index is -0.310. The number of carbonyl (C=O) groups excluding carboxylic acids is 1. The van der Waals surface area contributed by atoms with E-state index in [1.54, 1.807) is 36.5 Å². The number of carbonyl (C=O) groups is 1. The van der Waals surface area contributed by atoms with Crippen molar-refractivity contribution in [3.63, 3.8) is 0 Å². The molecule has 0 fully saturated rings. The average molecular weight is 399 g/mol. The molecular weight excluding hydrogens is 378 g/mol. The van der Waals surface area contributed by atoms with Crippen molar-refractivity contribution in [1.29, 1.82) is 5.26 Å². The number of amides is 1. The Morgan fingerprint density at radius 1 is 1.03 bits per heavy atom. The summed E-state index contributed by atoms with van der Waals surface area (Å²) in [6, 6.07) is 23.6. The van der Waals surface area contributed by atoms with Gasteiger partial charge in [-0.25, -0.2) is 5.43 Å². The van der Waals surface area contributed by atoms with E-state index in [9.17, 15) is 4.79 Å². The first-order valence-electron chi connectivity index (χ1n) is 9.46. The molecular formula is C24H21N3O3. The summed E-state index contributed by atoms with van der Waals surface area (Å²) in [7, 11) is 0. The van der Waals surface area contributed by atoms with Crippen LogP contribution < -0.4 is 14.9 Å². The number of nitrogens with zero attached hydrogens (tertiary/aromatic N) is 2. The summed E-state index contributed by atoms with van der Waals surface area (Å²) < 4.78 is 11.2. The van der Waals surface area contributed by atoms with E-state index in [1.807, 2.05) is 49.4 Å². The highest BCUT2D eigenvalue weighted by atomic mass is 16.5. The van der Waals surface area contributed by atoms with E-state index in [1.165, 1.54) is 0 Å². The van der Waals surface area contributed by atoms with Crippen LogP contribution in [0.1, 0.15) is 34.0 Å². The van der Waals surface area contributed by atoms with Gasteiger partial charge < -0.3 is 9.47 Å². The third kappa shape index (κ3) is 5.69. The van der Waals surface area contributed by atoms with Crippen LogP contribution in [0.4, 0.5) is 0 Å². The maximum Gasteiger partial charge on any atom is 0.271 e. The second kappa shape index (κ2) is 10.4. The summed E-state index contributed by atoms with van der Waals surface area (Å²) in [5.41, 5.74) is 5.18. The van der Waals surface area contributed by atoms with Crippen LogP contribution >= 0.6 is 0 Å². The molecule has 0 aliphatic rings. The van der Waals surface area contributed by atoms with Gasteiger partial charge in [-0.3, -0.25) is 4.79 Å². The van der Waals surface area contributed by atoms with Crippen molar-refractivity contribution in [2.45, 2.75) is 13.5 Å². The van der Waals surface area contributed by atoms with Crippen molar-refractivity contribution in [3.8, 4) is 17.6 Å². The lowest BCUT2D eigenvalue weighted by atomic mass is 10.1. The van der Waals surface area contributed by atoms with E-state index in [0.717, 1.165) is 11.1 Å². The molecule has 1 amide bonds. The zero-order valence-corrected chi connectivity index (χ0v) is 16.5. The predicted molar refractivity (Wildman–Crippen MR) is 115 cm³/mol. The summed E-state index contributed by atoms with van der Waals surface area (Å²) in [5, 5.41) is 13.2. The van der Waals surface area contributed by atoms with E-state index in [2.05, 4.69) is 16.6 Å². The molecule has 0 radical (unpaired) electrons. The smallest absolute Gasteiger partial charge is 0.271 e. The molecule has 150 valence electrons. The summed E-state index contributed by atoms with van der Waals surface area (Å²) in [4.78, 5) is 12.2. The quantitative estimate of drug-likeness (QED) is 0.452. The van der Waals surface area contributed by atoms with Gasteiger partial charge in [0.2, 0.25) is 0 Å². The molecule has 0 unspecified atom stereocenters. The van der Waals surface area contributed by atoms with E-state index in [4.69, 9.17) is 14.7 Å². The molecule has 6 heteroatoms. The largest absolute Gasteiger partial charge is 0.494 e. The Bertz CT molecular complexity index is 1070. The number of hydrazone groups is 1. The van der Waals surface area contributed by atoms with Gasteiger partial charge in [-0.05, 0) is 55.0 Å². The third-order valence-corrected chi connectivity index (χ3v) is 4.20. The Labute approximate surface area is 175 Å². The maximum absolute atomic E-state index is 12.2.